The Morgan fingerprint density at radius 3 is 2.62 bits per heavy atom. The molecule has 0 unspecified atom stereocenters. The Balaban J connectivity index is 1.76. The first-order valence-electron chi connectivity index (χ1n) is 8.99. The highest BCUT2D eigenvalue weighted by Crippen LogP contribution is 2.26. The number of guanidine groups is 1. The highest BCUT2D eigenvalue weighted by atomic mass is 16.5. The van der Waals surface area contributed by atoms with E-state index in [9.17, 15) is 5.11 Å². The summed E-state index contributed by atoms with van der Waals surface area (Å²) in [4.78, 5) is 4.31. The van der Waals surface area contributed by atoms with E-state index < -0.39 is 0 Å². The molecule has 1 fully saturated rings. The van der Waals surface area contributed by atoms with Crippen molar-refractivity contribution >= 4 is 5.96 Å². The predicted octanol–water partition coefficient (Wildman–Crippen LogP) is 3.08. The molecular weight excluding hydrogens is 302 g/mol. The van der Waals surface area contributed by atoms with Crippen molar-refractivity contribution in [1.82, 2.24) is 10.6 Å². The van der Waals surface area contributed by atoms with E-state index in [0.717, 1.165) is 30.4 Å². The van der Waals surface area contributed by atoms with Gasteiger partial charge in [0.2, 0.25) is 0 Å². The Hall–Kier alpha value is -1.91. The summed E-state index contributed by atoms with van der Waals surface area (Å²) in [6, 6.07) is 5.94. The Morgan fingerprint density at radius 2 is 2.04 bits per heavy atom. The van der Waals surface area contributed by atoms with Crippen molar-refractivity contribution in [1.29, 1.82) is 0 Å². The van der Waals surface area contributed by atoms with Gasteiger partial charge in [-0.15, -0.1) is 0 Å². The summed E-state index contributed by atoms with van der Waals surface area (Å²) in [6.07, 6.45) is 7.09. The first-order valence-corrected chi connectivity index (χ1v) is 8.99. The Labute approximate surface area is 145 Å². The summed E-state index contributed by atoms with van der Waals surface area (Å²) in [5.41, 5.74) is 0.905. The monoisotopic (exact) mass is 333 g/mol. The van der Waals surface area contributed by atoms with Gasteiger partial charge in [0.25, 0.3) is 0 Å². The number of hydrogen-bond donors (Lipinski definition) is 3. The zero-order chi connectivity index (χ0) is 17.4. The van der Waals surface area contributed by atoms with Crippen LogP contribution in [0.1, 0.15) is 44.6 Å². The zero-order valence-corrected chi connectivity index (χ0v) is 15.1. The first-order chi connectivity index (χ1) is 11.7. The van der Waals surface area contributed by atoms with Gasteiger partial charge in [0.1, 0.15) is 11.5 Å². The van der Waals surface area contributed by atoms with E-state index in [4.69, 9.17) is 4.74 Å². The number of ether oxygens (including phenoxy) is 1. The minimum atomic E-state index is 0.275. The van der Waals surface area contributed by atoms with Crippen LogP contribution in [0, 0.1) is 5.92 Å². The molecule has 1 aromatic rings. The number of phenolic OH excluding ortho intramolecular Hbond substituents is 1. The number of nitrogens with zero attached hydrogens (tertiary/aromatic N) is 1. The first kappa shape index (κ1) is 18.4. The minimum absolute atomic E-state index is 0.275. The number of hydrogen-bond acceptors (Lipinski definition) is 3. The smallest absolute Gasteiger partial charge is 0.191 e. The molecular formula is C19H31N3O2. The molecule has 0 saturated heterocycles. The summed E-state index contributed by atoms with van der Waals surface area (Å²) in [6.45, 7) is 3.01. The number of nitrogens with one attached hydrogen (secondary N) is 2. The van der Waals surface area contributed by atoms with Crippen LogP contribution in [0.25, 0.3) is 0 Å². The SMILES string of the molecule is CCC1CCC(NC(=NC)NCCc2ccc(OC)cc2O)CC1. The van der Waals surface area contributed by atoms with Gasteiger partial charge < -0.3 is 20.5 Å². The van der Waals surface area contributed by atoms with Crippen molar-refractivity contribution in [2.45, 2.75) is 51.5 Å². The molecule has 3 N–H and O–H groups in total. The van der Waals surface area contributed by atoms with Gasteiger partial charge >= 0.3 is 0 Å². The topological polar surface area (TPSA) is 65.9 Å². The molecule has 0 radical (unpaired) electrons. The molecule has 0 bridgehead atoms. The van der Waals surface area contributed by atoms with Gasteiger partial charge in [0.05, 0.1) is 7.11 Å². The standard InChI is InChI=1S/C19H31N3O2/c1-4-14-5-8-16(9-6-14)22-19(20-2)21-12-11-15-7-10-17(24-3)13-18(15)23/h7,10,13-14,16,23H,4-6,8-9,11-12H2,1-3H3,(H2,20,21,22). The summed E-state index contributed by atoms with van der Waals surface area (Å²) in [5.74, 6) is 2.69. The maximum absolute atomic E-state index is 10.0. The molecule has 1 saturated carbocycles. The maximum Gasteiger partial charge on any atom is 0.191 e. The van der Waals surface area contributed by atoms with E-state index in [0.29, 0.717) is 11.8 Å². The molecule has 0 atom stereocenters. The molecule has 134 valence electrons. The van der Waals surface area contributed by atoms with Crippen molar-refractivity contribution in [2.75, 3.05) is 20.7 Å². The summed E-state index contributed by atoms with van der Waals surface area (Å²) in [7, 11) is 3.40. The van der Waals surface area contributed by atoms with Crippen LogP contribution in [-0.2, 0) is 6.42 Å². The third kappa shape index (κ3) is 5.32. The van der Waals surface area contributed by atoms with Crippen LogP contribution in [0.4, 0.5) is 0 Å². The zero-order valence-electron chi connectivity index (χ0n) is 15.1. The second-order valence-corrected chi connectivity index (χ2v) is 6.51. The maximum atomic E-state index is 10.0. The van der Waals surface area contributed by atoms with Crippen molar-refractivity contribution in [3.05, 3.63) is 23.8 Å². The molecule has 1 aliphatic rings. The van der Waals surface area contributed by atoms with Crippen LogP contribution in [0.3, 0.4) is 0 Å². The number of benzene rings is 1. The largest absolute Gasteiger partial charge is 0.508 e. The third-order valence-electron chi connectivity index (χ3n) is 4.97. The lowest BCUT2D eigenvalue weighted by Gasteiger charge is -2.29. The fourth-order valence-electron chi connectivity index (χ4n) is 3.30. The molecule has 0 spiro atoms. The van der Waals surface area contributed by atoms with Gasteiger partial charge in [-0.25, -0.2) is 0 Å². The molecule has 1 aromatic carbocycles. The number of phenols is 1. The van der Waals surface area contributed by atoms with Gasteiger partial charge in [-0.1, -0.05) is 19.4 Å². The van der Waals surface area contributed by atoms with E-state index in [1.54, 1.807) is 20.2 Å². The molecule has 0 heterocycles. The average Bonchev–Trinajstić information content (AvgIpc) is 2.62. The highest BCUT2D eigenvalue weighted by Gasteiger charge is 2.20. The lowest BCUT2D eigenvalue weighted by atomic mass is 9.84. The lowest BCUT2D eigenvalue weighted by Crippen LogP contribution is -2.45. The molecule has 0 aliphatic heterocycles. The normalized spacial score (nSPS) is 21.4. The number of aromatic hydroxyl groups is 1. The second-order valence-electron chi connectivity index (χ2n) is 6.51. The Morgan fingerprint density at radius 1 is 1.29 bits per heavy atom. The number of rotatable bonds is 6. The number of aliphatic imine (C=N–C) groups is 1. The van der Waals surface area contributed by atoms with Gasteiger partial charge in [0.15, 0.2) is 5.96 Å². The van der Waals surface area contributed by atoms with E-state index in [2.05, 4.69) is 22.5 Å². The minimum Gasteiger partial charge on any atom is -0.508 e. The molecule has 5 nitrogen and oxygen atoms in total. The quantitative estimate of drug-likeness (QED) is 0.553. The molecule has 0 amide bonds. The van der Waals surface area contributed by atoms with Crippen LogP contribution < -0.4 is 15.4 Å². The molecule has 1 aliphatic carbocycles. The Kier molecular flexibility index (Phi) is 7.22. The van der Waals surface area contributed by atoms with Crippen LogP contribution in [-0.4, -0.2) is 37.8 Å². The summed E-state index contributed by atoms with van der Waals surface area (Å²) >= 11 is 0. The van der Waals surface area contributed by atoms with E-state index >= 15 is 0 Å². The van der Waals surface area contributed by atoms with Gasteiger partial charge in [0, 0.05) is 25.7 Å². The van der Waals surface area contributed by atoms with E-state index in [1.165, 1.54) is 32.1 Å². The fourth-order valence-corrected chi connectivity index (χ4v) is 3.30. The van der Waals surface area contributed by atoms with E-state index in [1.807, 2.05) is 12.1 Å². The average molecular weight is 333 g/mol. The van der Waals surface area contributed by atoms with Gasteiger partial charge in [-0.05, 0) is 49.7 Å². The Bertz CT molecular complexity index is 537. The molecule has 24 heavy (non-hydrogen) atoms. The van der Waals surface area contributed by atoms with Crippen molar-refractivity contribution in [3.63, 3.8) is 0 Å². The third-order valence-corrected chi connectivity index (χ3v) is 4.97. The van der Waals surface area contributed by atoms with Crippen molar-refractivity contribution in [3.8, 4) is 11.5 Å². The second kappa shape index (κ2) is 9.40. The molecule has 0 aromatic heterocycles. The van der Waals surface area contributed by atoms with Crippen LogP contribution in [0.2, 0.25) is 0 Å². The van der Waals surface area contributed by atoms with Crippen LogP contribution in [0.15, 0.2) is 23.2 Å². The van der Waals surface area contributed by atoms with Crippen LogP contribution in [0.5, 0.6) is 11.5 Å². The van der Waals surface area contributed by atoms with Gasteiger partial charge in [-0.2, -0.15) is 0 Å². The van der Waals surface area contributed by atoms with Crippen molar-refractivity contribution < 1.29 is 9.84 Å². The molecule has 2 rings (SSSR count). The molecule has 5 heteroatoms. The fraction of sp³-hybridized carbons (Fsp3) is 0.632. The van der Waals surface area contributed by atoms with E-state index in [-0.39, 0.29) is 5.75 Å². The summed E-state index contributed by atoms with van der Waals surface area (Å²) < 4.78 is 5.11. The summed E-state index contributed by atoms with van der Waals surface area (Å²) in [5, 5.41) is 16.9. The van der Waals surface area contributed by atoms with Crippen LogP contribution >= 0.6 is 0 Å². The van der Waals surface area contributed by atoms with Gasteiger partial charge in [-0.3, -0.25) is 4.99 Å². The predicted molar refractivity (Wildman–Crippen MR) is 98.9 cm³/mol. The van der Waals surface area contributed by atoms with Crippen molar-refractivity contribution in [2.24, 2.45) is 10.9 Å². The highest BCUT2D eigenvalue weighted by molar-refractivity contribution is 5.79. The lowest BCUT2D eigenvalue weighted by molar-refractivity contribution is 0.304. The number of methoxy groups -OCH3 is 1.